The lowest BCUT2D eigenvalue weighted by Crippen LogP contribution is -2.32. The van der Waals surface area contributed by atoms with Crippen molar-refractivity contribution in [3.05, 3.63) is 93.8 Å². The minimum atomic E-state index is -0.583. The molecule has 0 saturated carbocycles. The van der Waals surface area contributed by atoms with Crippen LogP contribution in [-0.4, -0.2) is 21.2 Å². The number of amides is 1. The number of fused-ring (bicyclic) bond motifs is 1. The zero-order valence-corrected chi connectivity index (χ0v) is 16.5. The van der Waals surface area contributed by atoms with Crippen LogP contribution < -0.4 is 5.76 Å². The minimum absolute atomic E-state index is 0.190. The van der Waals surface area contributed by atoms with E-state index >= 15 is 0 Å². The van der Waals surface area contributed by atoms with E-state index in [2.05, 4.69) is 5.10 Å². The maximum atomic E-state index is 13.2. The first-order valence-electron chi connectivity index (χ1n) is 9.37. The molecule has 3 heterocycles. The second-order valence-corrected chi connectivity index (χ2v) is 7.39. The molecule has 7 nitrogen and oxygen atoms in total. The van der Waals surface area contributed by atoms with Gasteiger partial charge in [-0.1, -0.05) is 35.9 Å². The van der Waals surface area contributed by atoms with Gasteiger partial charge in [0.1, 0.15) is 18.3 Å². The summed E-state index contributed by atoms with van der Waals surface area (Å²) in [5.41, 5.74) is 2.61. The number of nitrogens with zero attached hydrogens (tertiary/aromatic N) is 3. The molecule has 1 aliphatic rings. The minimum Gasteiger partial charge on any atom is -0.467 e. The Morgan fingerprint density at radius 1 is 1.10 bits per heavy atom. The molecule has 30 heavy (non-hydrogen) atoms. The zero-order valence-electron chi connectivity index (χ0n) is 15.7. The Bertz CT molecular complexity index is 1300. The van der Waals surface area contributed by atoms with E-state index in [0.29, 0.717) is 28.3 Å². The summed E-state index contributed by atoms with van der Waals surface area (Å²) in [5.74, 6) is -0.297. The molecule has 8 heteroatoms. The lowest BCUT2D eigenvalue weighted by molar-refractivity contribution is -0.134. The molecule has 5 rings (SSSR count). The average Bonchev–Trinajstić information content (AvgIpc) is 3.48. The predicted octanol–water partition coefficient (Wildman–Crippen LogP) is 4.22. The third-order valence-corrected chi connectivity index (χ3v) is 5.33. The van der Waals surface area contributed by atoms with Crippen LogP contribution in [0.1, 0.15) is 23.8 Å². The lowest BCUT2D eigenvalue weighted by Gasteiger charge is -2.19. The zero-order chi connectivity index (χ0) is 20.7. The first-order chi connectivity index (χ1) is 14.6. The molecule has 0 fully saturated rings. The van der Waals surface area contributed by atoms with Crippen molar-refractivity contribution in [2.75, 3.05) is 0 Å². The van der Waals surface area contributed by atoms with Gasteiger partial charge in [0.25, 0.3) is 5.91 Å². The van der Waals surface area contributed by atoms with Gasteiger partial charge in [-0.15, -0.1) is 0 Å². The van der Waals surface area contributed by atoms with E-state index in [1.807, 2.05) is 18.2 Å². The van der Waals surface area contributed by atoms with Crippen molar-refractivity contribution in [1.82, 2.24) is 9.58 Å². The second-order valence-electron chi connectivity index (χ2n) is 6.95. The summed E-state index contributed by atoms with van der Waals surface area (Å²) in [6, 6.07) is 17.5. The van der Waals surface area contributed by atoms with Gasteiger partial charge in [-0.25, -0.2) is 9.80 Å². The number of carbonyl (C=O) groups is 1. The first-order valence-corrected chi connectivity index (χ1v) is 9.75. The van der Waals surface area contributed by atoms with E-state index in [0.717, 1.165) is 11.3 Å². The van der Waals surface area contributed by atoms with Gasteiger partial charge >= 0.3 is 5.76 Å². The van der Waals surface area contributed by atoms with Gasteiger partial charge in [0.15, 0.2) is 5.58 Å². The molecule has 0 spiro atoms. The molecule has 1 aliphatic heterocycles. The van der Waals surface area contributed by atoms with Crippen molar-refractivity contribution in [3.8, 4) is 0 Å². The molecule has 2 aromatic heterocycles. The number of para-hydroxylation sites is 2. The Morgan fingerprint density at radius 2 is 1.90 bits per heavy atom. The number of benzene rings is 2. The Morgan fingerprint density at radius 3 is 2.67 bits per heavy atom. The van der Waals surface area contributed by atoms with Crippen LogP contribution >= 0.6 is 11.6 Å². The van der Waals surface area contributed by atoms with Crippen LogP contribution in [0.15, 0.2) is 85.7 Å². The summed E-state index contributed by atoms with van der Waals surface area (Å²) in [6.45, 7) is -0.190. The second kappa shape index (κ2) is 7.35. The van der Waals surface area contributed by atoms with E-state index in [4.69, 9.17) is 20.4 Å². The van der Waals surface area contributed by atoms with E-state index in [1.165, 1.54) is 9.58 Å². The number of furan rings is 1. The van der Waals surface area contributed by atoms with E-state index < -0.39 is 11.8 Å². The highest BCUT2D eigenvalue weighted by molar-refractivity contribution is 6.30. The van der Waals surface area contributed by atoms with Crippen LogP contribution in [0.3, 0.4) is 0 Å². The monoisotopic (exact) mass is 421 g/mol. The van der Waals surface area contributed by atoms with Gasteiger partial charge < -0.3 is 8.83 Å². The van der Waals surface area contributed by atoms with Gasteiger partial charge in [-0.3, -0.25) is 9.36 Å². The van der Waals surface area contributed by atoms with Crippen molar-refractivity contribution in [3.63, 3.8) is 0 Å². The SMILES string of the molecule is O=C(Cn1c(=O)oc2ccccc21)N1N=C(c2ccc(Cl)cc2)CC1c1ccco1. The molecule has 0 saturated heterocycles. The van der Waals surface area contributed by atoms with Crippen LogP contribution in [-0.2, 0) is 11.3 Å². The Kier molecular flexibility index (Phi) is 4.52. The molecule has 0 aliphatic carbocycles. The highest BCUT2D eigenvalue weighted by Gasteiger charge is 2.35. The fraction of sp³-hybridized carbons (Fsp3) is 0.136. The van der Waals surface area contributed by atoms with Crippen molar-refractivity contribution < 1.29 is 13.6 Å². The molecule has 150 valence electrons. The normalized spacial score (nSPS) is 16.2. The number of halogens is 1. The maximum Gasteiger partial charge on any atom is 0.420 e. The fourth-order valence-electron chi connectivity index (χ4n) is 3.63. The number of oxazole rings is 1. The van der Waals surface area contributed by atoms with Gasteiger partial charge in [0, 0.05) is 11.4 Å². The van der Waals surface area contributed by atoms with Gasteiger partial charge in [-0.05, 0) is 42.0 Å². The van der Waals surface area contributed by atoms with E-state index in [-0.39, 0.29) is 12.5 Å². The summed E-state index contributed by atoms with van der Waals surface area (Å²) in [5, 5.41) is 6.58. The smallest absolute Gasteiger partial charge is 0.420 e. The van der Waals surface area contributed by atoms with Crippen LogP contribution in [0.4, 0.5) is 0 Å². The van der Waals surface area contributed by atoms with E-state index in [9.17, 15) is 9.59 Å². The van der Waals surface area contributed by atoms with Crippen molar-refractivity contribution in [2.45, 2.75) is 19.0 Å². The van der Waals surface area contributed by atoms with Crippen LogP contribution in [0.2, 0.25) is 5.02 Å². The molecular formula is C22H16ClN3O4. The quantitative estimate of drug-likeness (QED) is 0.494. The Balaban J connectivity index is 1.50. The van der Waals surface area contributed by atoms with Gasteiger partial charge in [-0.2, -0.15) is 5.10 Å². The maximum absolute atomic E-state index is 13.2. The van der Waals surface area contributed by atoms with Crippen molar-refractivity contribution in [2.24, 2.45) is 5.10 Å². The Labute approximate surface area is 175 Å². The number of hydrazone groups is 1. The van der Waals surface area contributed by atoms with Gasteiger partial charge in [0.2, 0.25) is 0 Å². The average molecular weight is 422 g/mol. The molecular weight excluding hydrogens is 406 g/mol. The number of rotatable bonds is 4. The summed E-state index contributed by atoms with van der Waals surface area (Å²) in [6.07, 6.45) is 2.05. The van der Waals surface area contributed by atoms with E-state index in [1.54, 1.807) is 48.7 Å². The summed E-state index contributed by atoms with van der Waals surface area (Å²) >= 11 is 5.99. The largest absolute Gasteiger partial charge is 0.467 e. The third kappa shape index (κ3) is 3.23. The number of carbonyl (C=O) groups excluding carboxylic acids is 1. The van der Waals surface area contributed by atoms with Crippen molar-refractivity contribution >= 4 is 34.3 Å². The number of hydrogen-bond acceptors (Lipinski definition) is 5. The van der Waals surface area contributed by atoms with Crippen LogP contribution in [0.5, 0.6) is 0 Å². The number of aromatic nitrogens is 1. The molecule has 1 amide bonds. The molecule has 0 N–H and O–H groups in total. The standard InChI is InChI=1S/C22H16ClN3O4/c23-15-9-7-14(8-10-15)16-12-18(19-6-3-11-29-19)26(24-16)21(27)13-25-17-4-1-2-5-20(17)30-22(25)28/h1-11,18H,12-13H2. The molecule has 1 atom stereocenters. The molecule has 4 aromatic rings. The third-order valence-electron chi connectivity index (χ3n) is 5.08. The van der Waals surface area contributed by atoms with Crippen molar-refractivity contribution in [1.29, 1.82) is 0 Å². The predicted molar refractivity (Wildman–Crippen MR) is 111 cm³/mol. The molecule has 0 bridgehead atoms. The molecule has 1 unspecified atom stereocenters. The highest BCUT2D eigenvalue weighted by atomic mass is 35.5. The molecule has 0 radical (unpaired) electrons. The summed E-state index contributed by atoms with van der Waals surface area (Å²) in [7, 11) is 0. The topological polar surface area (TPSA) is 81.0 Å². The first kappa shape index (κ1) is 18.4. The van der Waals surface area contributed by atoms with Gasteiger partial charge in [0.05, 0.1) is 17.5 Å². The van der Waals surface area contributed by atoms with Crippen LogP contribution in [0.25, 0.3) is 11.1 Å². The molecule has 2 aromatic carbocycles. The highest BCUT2D eigenvalue weighted by Crippen LogP contribution is 2.33. The number of hydrogen-bond donors (Lipinski definition) is 0. The lowest BCUT2D eigenvalue weighted by atomic mass is 10.0. The summed E-state index contributed by atoms with van der Waals surface area (Å²) in [4.78, 5) is 25.5. The van der Waals surface area contributed by atoms with Crippen LogP contribution in [0, 0.1) is 0 Å². The fourth-order valence-corrected chi connectivity index (χ4v) is 3.76. The summed E-state index contributed by atoms with van der Waals surface area (Å²) < 4.78 is 12.1. The Hall–Kier alpha value is -3.58.